The van der Waals surface area contributed by atoms with E-state index >= 15 is 0 Å². The molecule has 0 aliphatic rings. The van der Waals surface area contributed by atoms with Crippen molar-refractivity contribution >= 4 is 28.6 Å². The van der Waals surface area contributed by atoms with Crippen LogP contribution < -0.4 is 20.7 Å². The highest BCUT2D eigenvalue weighted by Gasteiger charge is 2.28. The van der Waals surface area contributed by atoms with Crippen LogP contribution in [0.3, 0.4) is 0 Å². The molecule has 0 saturated heterocycles. The van der Waals surface area contributed by atoms with Gasteiger partial charge in [-0.05, 0) is 41.3 Å². The molecule has 256 valence electrons. The maximum Gasteiger partial charge on any atom is 0.243 e. The molecule has 0 radical (unpaired) electrons. The number of aromatic nitrogens is 1. The van der Waals surface area contributed by atoms with Gasteiger partial charge < -0.3 is 25.7 Å². The van der Waals surface area contributed by atoms with Crippen molar-refractivity contribution in [3.8, 4) is 5.75 Å². The summed E-state index contributed by atoms with van der Waals surface area (Å²) in [5.74, 6) is -0.784. The van der Waals surface area contributed by atoms with Crippen LogP contribution in [0.15, 0.2) is 79.0 Å². The lowest BCUT2D eigenvalue weighted by Gasteiger charge is -2.24. The normalized spacial score (nSPS) is 12.3. The van der Waals surface area contributed by atoms with Crippen LogP contribution in [0, 0.1) is 0 Å². The van der Waals surface area contributed by atoms with Crippen molar-refractivity contribution in [2.45, 2.75) is 64.1 Å². The zero-order valence-electron chi connectivity index (χ0n) is 27.1. The average Bonchev–Trinajstić information content (AvgIpc) is 3.50. The SMILES string of the molecule is CCCCCNC(=O)C(Cc1ccc(OCCOO)c(COO)c1)NC(=O)C(Cc1ccccc1)NC(=O)Cc1c[nH]c2ccccc12. The highest BCUT2D eigenvalue weighted by Crippen LogP contribution is 2.23. The summed E-state index contributed by atoms with van der Waals surface area (Å²) in [6, 6.07) is 20.2. The Morgan fingerprint density at radius 2 is 1.54 bits per heavy atom. The molecular weight excluding hydrogens is 616 g/mol. The van der Waals surface area contributed by atoms with Gasteiger partial charge in [0.2, 0.25) is 17.7 Å². The van der Waals surface area contributed by atoms with E-state index in [1.165, 1.54) is 0 Å². The van der Waals surface area contributed by atoms with Crippen molar-refractivity contribution in [1.82, 2.24) is 20.9 Å². The number of fused-ring (bicyclic) bond motifs is 1. The monoisotopic (exact) mass is 660 g/mol. The molecule has 12 nitrogen and oxygen atoms in total. The van der Waals surface area contributed by atoms with E-state index in [2.05, 4.69) is 37.6 Å². The van der Waals surface area contributed by atoms with Gasteiger partial charge in [0.05, 0.1) is 6.42 Å². The van der Waals surface area contributed by atoms with Gasteiger partial charge in [-0.1, -0.05) is 74.4 Å². The zero-order chi connectivity index (χ0) is 34.1. The molecule has 48 heavy (non-hydrogen) atoms. The second-order valence-electron chi connectivity index (χ2n) is 11.5. The fraction of sp³-hybridized carbons (Fsp3) is 0.361. The minimum atomic E-state index is -0.972. The number of benzene rings is 3. The average molecular weight is 661 g/mol. The van der Waals surface area contributed by atoms with E-state index in [1.807, 2.05) is 54.6 Å². The molecule has 1 aromatic heterocycles. The van der Waals surface area contributed by atoms with E-state index in [0.717, 1.165) is 41.3 Å². The second kappa shape index (κ2) is 19.2. The summed E-state index contributed by atoms with van der Waals surface area (Å²) >= 11 is 0. The van der Waals surface area contributed by atoms with Gasteiger partial charge in [-0.2, -0.15) is 0 Å². The molecule has 1 heterocycles. The van der Waals surface area contributed by atoms with Gasteiger partial charge in [-0.15, -0.1) is 0 Å². The number of ether oxygens (including phenoxy) is 1. The summed E-state index contributed by atoms with van der Waals surface area (Å²) in [7, 11) is 0. The lowest BCUT2D eigenvalue weighted by Crippen LogP contribution is -2.55. The van der Waals surface area contributed by atoms with Crippen molar-refractivity contribution < 1.29 is 39.4 Å². The number of H-pyrrole nitrogens is 1. The Labute approximate surface area is 279 Å². The molecule has 12 heteroatoms. The standard InChI is InChI=1S/C36H44N4O8/c1-2-3-9-16-37-35(42)31(21-26-14-15-33(46-17-18-47-44)28(19-26)24-48-45)40-36(43)32(20-25-10-5-4-6-11-25)39-34(41)22-27-23-38-30-13-8-7-12-29(27)30/h4-8,10-15,19,23,31-32,38,44-45H,2-3,9,16-18,20-22,24H2,1H3,(H,37,42)(H,39,41)(H,40,43). The van der Waals surface area contributed by atoms with E-state index in [1.54, 1.807) is 24.4 Å². The third-order valence-corrected chi connectivity index (χ3v) is 7.89. The summed E-state index contributed by atoms with van der Waals surface area (Å²) in [6.45, 7) is 2.34. The number of aromatic amines is 1. The molecule has 3 amide bonds. The molecule has 0 aliphatic heterocycles. The molecular formula is C36H44N4O8. The third-order valence-electron chi connectivity index (χ3n) is 7.89. The number of carbonyl (C=O) groups is 3. The Bertz CT molecular complexity index is 1610. The van der Waals surface area contributed by atoms with Crippen LogP contribution in [0.4, 0.5) is 0 Å². The largest absolute Gasteiger partial charge is 0.491 e. The number of nitrogens with one attached hydrogen (secondary N) is 4. The van der Waals surface area contributed by atoms with E-state index in [-0.39, 0.29) is 50.9 Å². The van der Waals surface area contributed by atoms with E-state index in [9.17, 15) is 14.4 Å². The van der Waals surface area contributed by atoms with Gasteiger partial charge >= 0.3 is 0 Å². The van der Waals surface area contributed by atoms with Gasteiger partial charge in [0.15, 0.2) is 0 Å². The number of hydrogen-bond donors (Lipinski definition) is 6. The van der Waals surface area contributed by atoms with Gasteiger partial charge in [-0.3, -0.25) is 24.9 Å². The lowest BCUT2D eigenvalue weighted by atomic mass is 10.0. The van der Waals surface area contributed by atoms with Crippen molar-refractivity contribution in [3.63, 3.8) is 0 Å². The van der Waals surface area contributed by atoms with Crippen LogP contribution in [0.2, 0.25) is 0 Å². The number of carbonyl (C=O) groups excluding carboxylic acids is 3. The van der Waals surface area contributed by atoms with Gasteiger partial charge in [0, 0.05) is 42.0 Å². The van der Waals surface area contributed by atoms with Crippen LogP contribution in [-0.4, -0.2) is 65.1 Å². The summed E-state index contributed by atoms with van der Waals surface area (Å²) in [5, 5.41) is 27.4. The minimum Gasteiger partial charge on any atom is -0.491 e. The Kier molecular flexibility index (Phi) is 14.4. The lowest BCUT2D eigenvalue weighted by molar-refractivity contribution is -0.253. The van der Waals surface area contributed by atoms with Gasteiger partial charge in [-0.25, -0.2) is 9.78 Å². The first-order chi connectivity index (χ1) is 23.4. The first kappa shape index (κ1) is 36.1. The summed E-state index contributed by atoms with van der Waals surface area (Å²) in [6.07, 6.45) is 4.94. The molecule has 0 fully saturated rings. The van der Waals surface area contributed by atoms with E-state index in [4.69, 9.17) is 15.3 Å². The Balaban J connectivity index is 1.54. The first-order valence-electron chi connectivity index (χ1n) is 16.2. The Morgan fingerprint density at radius 1 is 0.792 bits per heavy atom. The fourth-order valence-corrected chi connectivity index (χ4v) is 5.45. The predicted molar refractivity (Wildman–Crippen MR) is 180 cm³/mol. The minimum absolute atomic E-state index is 0.0575. The van der Waals surface area contributed by atoms with Crippen molar-refractivity contribution in [1.29, 1.82) is 0 Å². The second-order valence-corrected chi connectivity index (χ2v) is 11.5. The molecule has 2 atom stereocenters. The Morgan fingerprint density at radius 3 is 2.31 bits per heavy atom. The fourth-order valence-electron chi connectivity index (χ4n) is 5.45. The van der Waals surface area contributed by atoms with Crippen LogP contribution in [0.5, 0.6) is 5.75 Å². The van der Waals surface area contributed by atoms with E-state index < -0.39 is 18.0 Å². The van der Waals surface area contributed by atoms with E-state index in [0.29, 0.717) is 23.4 Å². The maximum atomic E-state index is 13.9. The number of amides is 3. The molecule has 4 rings (SSSR count). The summed E-state index contributed by atoms with van der Waals surface area (Å²) in [5.41, 5.74) is 3.74. The quantitative estimate of drug-likeness (QED) is 0.0462. The molecule has 0 bridgehead atoms. The van der Waals surface area contributed by atoms with Crippen LogP contribution in [0.1, 0.15) is 48.4 Å². The number of para-hydroxylation sites is 1. The van der Waals surface area contributed by atoms with Crippen molar-refractivity contribution in [2.75, 3.05) is 19.8 Å². The summed E-state index contributed by atoms with van der Waals surface area (Å²) in [4.78, 5) is 52.4. The van der Waals surface area contributed by atoms with Gasteiger partial charge in [0.25, 0.3) is 0 Å². The summed E-state index contributed by atoms with van der Waals surface area (Å²) < 4.78 is 5.60. The van der Waals surface area contributed by atoms with Gasteiger partial charge in [0.1, 0.15) is 37.7 Å². The molecule has 6 N–H and O–H groups in total. The zero-order valence-corrected chi connectivity index (χ0v) is 27.1. The first-order valence-corrected chi connectivity index (χ1v) is 16.2. The number of rotatable bonds is 20. The maximum absolute atomic E-state index is 13.9. The molecule has 0 aliphatic carbocycles. The van der Waals surface area contributed by atoms with Crippen LogP contribution in [-0.2, 0) is 50.0 Å². The topological polar surface area (TPSA) is 171 Å². The highest BCUT2D eigenvalue weighted by atomic mass is 17.1. The third kappa shape index (κ3) is 10.9. The smallest absolute Gasteiger partial charge is 0.243 e. The van der Waals surface area contributed by atoms with Crippen molar-refractivity contribution in [3.05, 3.63) is 101 Å². The molecule has 0 spiro atoms. The molecule has 4 aromatic rings. The number of unbranched alkanes of at least 4 members (excludes halogenated alkanes) is 2. The van der Waals surface area contributed by atoms with Crippen LogP contribution in [0.25, 0.3) is 10.9 Å². The number of hydrogen-bond acceptors (Lipinski definition) is 8. The molecule has 3 aromatic carbocycles. The highest BCUT2D eigenvalue weighted by molar-refractivity contribution is 5.94. The predicted octanol–water partition coefficient (Wildman–Crippen LogP) is 4.33. The molecule has 0 saturated carbocycles. The molecule has 2 unspecified atom stereocenters. The van der Waals surface area contributed by atoms with Crippen LogP contribution >= 0.6 is 0 Å². The Hall–Kier alpha value is -4.75. The van der Waals surface area contributed by atoms with Crippen molar-refractivity contribution in [2.24, 2.45) is 0 Å².